The average Bonchev–Trinajstić information content (AvgIpc) is 3.17. The lowest BCUT2D eigenvalue weighted by molar-refractivity contribution is -0.367. The van der Waals surface area contributed by atoms with Crippen LogP contribution in [0.5, 0.6) is 0 Å². The maximum absolute atomic E-state index is 15.2. The molecule has 0 aliphatic rings. The van der Waals surface area contributed by atoms with Gasteiger partial charge in [-0.05, 0) is 0 Å². The minimum Gasteiger partial charge on any atom is -0.451 e. The van der Waals surface area contributed by atoms with Crippen molar-refractivity contribution in [1.29, 1.82) is 0 Å². The van der Waals surface area contributed by atoms with Crippen LogP contribution in [0.25, 0.3) is 0 Å². The van der Waals surface area contributed by atoms with Crippen LogP contribution in [0.3, 0.4) is 0 Å². The number of ether oxygens (including phenoxy) is 9. The Bertz CT molecular complexity index is 1460. The molecule has 0 aromatic rings. The molecular formula is C33H33O22P. The van der Waals surface area contributed by atoms with Crippen molar-refractivity contribution in [2.75, 3.05) is 19.8 Å². The summed E-state index contributed by atoms with van der Waals surface area (Å²) in [5.41, 5.74) is 0. The van der Waals surface area contributed by atoms with Crippen LogP contribution in [-0.4, -0.2) is 91.5 Å². The highest BCUT2D eigenvalue weighted by Crippen LogP contribution is 2.59. The number of hydrogen-bond acceptors (Lipinski definition) is 22. The highest BCUT2D eigenvalue weighted by Gasteiger charge is 2.61. The van der Waals surface area contributed by atoms with Crippen LogP contribution in [-0.2, 0) is 104 Å². The number of rotatable bonds is 27. The first-order chi connectivity index (χ1) is 26.2. The van der Waals surface area contributed by atoms with E-state index in [2.05, 4.69) is 59.2 Å². The fourth-order valence-corrected chi connectivity index (χ4v) is 4.34. The molecule has 22 nitrogen and oxygen atoms in total. The van der Waals surface area contributed by atoms with Crippen molar-refractivity contribution in [2.45, 2.75) is 17.9 Å². The van der Waals surface area contributed by atoms with Gasteiger partial charge in [0.05, 0.1) is 0 Å². The van der Waals surface area contributed by atoms with E-state index in [1.54, 1.807) is 0 Å². The molecule has 0 radical (unpaired) electrons. The number of phosphoric acid groups is 1. The minimum absolute atomic E-state index is 0.370. The molecule has 0 N–H and O–H groups in total. The Hall–Kier alpha value is -7.00. The van der Waals surface area contributed by atoms with E-state index in [0.29, 0.717) is 54.7 Å². The van der Waals surface area contributed by atoms with Gasteiger partial charge in [-0.3, -0.25) is 0 Å². The van der Waals surface area contributed by atoms with Gasteiger partial charge in [-0.2, -0.15) is 0 Å². The first kappa shape index (κ1) is 49.0. The third-order valence-corrected chi connectivity index (χ3v) is 6.47. The summed E-state index contributed by atoms with van der Waals surface area (Å²) in [4.78, 5) is 112. The van der Waals surface area contributed by atoms with Crippen molar-refractivity contribution in [3.8, 4) is 0 Å². The molecule has 0 aliphatic carbocycles. The molecule has 0 saturated carbocycles. The number of esters is 9. The Morgan fingerprint density at radius 1 is 0.339 bits per heavy atom. The normalized spacial score (nSPS) is 10.9. The van der Waals surface area contributed by atoms with Gasteiger partial charge in [0, 0.05) is 54.7 Å². The third-order valence-electron chi connectivity index (χ3n) is 4.96. The predicted octanol–water partition coefficient (Wildman–Crippen LogP) is 1.67. The molecule has 0 aromatic carbocycles. The molecule has 0 bridgehead atoms. The predicted molar refractivity (Wildman–Crippen MR) is 180 cm³/mol. The average molecular weight is 813 g/mol. The van der Waals surface area contributed by atoms with Crippen molar-refractivity contribution in [1.82, 2.24) is 0 Å². The Morgan fingerprint density at radius 2 is 0.500 bits per heavy atom. The number of hydrogen-bond donors (Lipinski definition) is 0. The van der Waals surface area contributed by atoms with Crippen LogP contribution in [0.1, 0.15) is 0 Å². The summed E-state index contributed by atoms with van der Waals surface area (Å²) in [6.45, 7) is 22.9. The van der Waals surface area contributed by atoms with Gasteiger partial charge in [0.25, 0.3) is 0 Å². The summed E-state index contributed by atoms with van der Waals surface area (Å²) >= 11 is 0. The molecule has 0 fully saturated rings. The van der Waals surface area contributed by atoms with E-state index in [1.165, 1.54) is 0 Å². The Morgan fingerprint density at radius 3 is 0.643 bits per heavy atom. The molecule has 0 atom stereocenters. The minimum atomic E-state index is -6.71. The second-order valence-corrected chi connectivity index (χ2v) is 10.4. The summed E-state index contributed by atoms with van der Waals surface area (Å²) in [5.74, 6) is -25.6. The van der Waals surface area contributed by atoms with E-state index >= 15 is 4.57 Å². The monoisotopic (exact) mass is 812 g/mol. The van der Waals surface area contributed by atoms with E-state index < -0.39 is 99.3 Å². The van der Waals surface area contributed by atoms with Gasteiger partial charge in [0.2, 0.25) is 0 Å². The topological polar surface area (TPSA) is 281 Å². The third kappa shape index (κ3) is 16.8. The van der Waals surface area contributed by atoms with Crippen molar-refractivity contribution in [3.05, 3.63) is 114 Å². The van der Waals surface area contributed by atoms with E-state index in [9.17, 15) is 43.2 Å². The lowest BCUT2D eigenvalue weighted by atomic mass is 10.5. The Labute approximate surface area is 317 Å². The van der Waals surface area contributed by atoms with Crippen LogP contribution in [0.2, 0.25) is 0 Å². The van der Waals surface area contributed by atoms with Gasteiger partial charge < -0.3 is 42.6 Å². The smallest absolute Gasteiger partial charge is 0.451 e. The van der Waals surface area contributed by atoms with E-state index in [4.69, 9.17) is 56.2 Å². The lowest BCUT2D eigenvalue weighted by Gasteiger charge is -2.39. The molecule has 0 saturated heterocycles. The summed E-state index contributed by atoms with van der Waals surface area (Å²) in [6, 6.07) is 0. The fraction of sp³-hybridized carbons (Fsp3) is 0.182. The molecule has 0 heterocycles. The Kier molecular flexibility index (Phi) is 20.1. The van der Waals surface area contributed by atoms with E-state index in [0.717, 1.165) is 0 Å². The standard InChI is InChI=1S/C33H33O22P/c1-10-22(34)44-19-31(47-25(37)13-4,48-26(38)14-5)53-56(43,54-32(49-27(39)15-6,50-28(40)16-7)20-45-23(35)11-2)55-33(51-29(41)17-8,52-30(42)18-9)21-46-24(36)12-3/h10-18H,1-9,19-21H2. The van der Waals surface area contributed by atoms with Crippen molar-refractivity contribution in [2.24, 2.45) is 0 Å². The quantitative estimate of drug-likeness (QED) is 0.0375. The molecular weight excluding hydrogens is 779 g/mol. The number of carbonyl (C=O) groups is 9. The molecule has 23 heteroatoms. The highest BCUT2D eigenvalue weighted by atomic mass is 31.2. The first-order valence-corrected chi connectivity index (χ1v) is 15.9. The van der Waals surface area contributed by atoms with Gasteiger partial charge in [-0.1, -0.05) is 59.2 Å². The zero-order chi connectivity index (χ0) is 43.2. The Balaban J connectivity index is 8.67. The molecule has 302 valence electrons. The SMILES string of the molecule is C=CC(=O)OCC(OC(=O)C=C)(OC(=O)C=C)OP(=O)(OC(COC(=O)C=C)(OC(=O)C=C)OC(=O)C=C)OC(COC(=O)C=C)(OC(=O)C=C)OC(=O)C=C. The molecule has 0 rings (SSSR count). The van der Waals surface area contributed by atoms with Crippen LogP contribution in [0.4, 0.5) is 0 Å². The molecule has 56 heavy (non-hydrogen) atoms. The maximum Gasteiger partial charge on any atom is 0.493 e. The van der Waals surface area contributed by atoms with Crippen LogP contribution >= 0.6 is 7.82 Å². The summed E-state index contributed by atoms with van der Waals surface area (Å²) in [7, 11) is -6.71. The second kappa shape index (κ2) is 22.9. The maximum atomic E-state index is 15.2. The van der Waals surface area contributed by atoms with Crippen molar-refractivity contribution < 1.29 is 104 Å². The lowest BCUT2D eigenvalue weighted by Crippen LogP contribution is -2.52. The molecule has 0 unspecified atom stereocenters. The van der Waals surface area contributed by atoms with Crippen LogP contribution in [0.15, 0.2) is 114 Å². The molecule has 0 aromatic heterocycles. The number of phosphoric ester groups is 1. The first-order valence-electron chi connectivity index (χ1n) is 14.4. The zero-order valence-electron chi connectivity index (χ0n) is 29.1. The second-order valence-electron chi connectivity index (χ2n) is 8.96. The summed E-state index contributed by atoms with van der Waals surface area (Å²) in [6.07, 6.45) is 3.74. The van der Waals surface area contributed by atoms with Gasteiger partial charge in [-0.25, -0.2) is 61.3 Å². The zero-order valence-corrected chi connectivity index (χ0v) is 30.0. The molecule has 0 spiro atoms. The van der Waals surface area contributed by atoms with Gasteiger partial charge in [-0.15, -0.1) is 0 Å². The van der Waals surface area contributed by atoms with Crippen molar-refractivity contribution >= 4 is 61.5 Å². The largest absolute Gasteiger partial charge is 0.493 e. The van der Waals surface area contributed by atoms with E-state index in [-0.39, 0.29) is 0 Å². The molecule has 0 amide bonds. The van der Waals surface area contributed by atoms with E-state index in [1.807, 2.05) is 0 Å². The van der Waals surface area contributed by atoms with Gasteiger partial charge in [0.1, 0.15) is 0 Å². The summed E-state index contributed by atoms with van der Waals surface area (Å²) < 4.78 is 74.7. The highest BCUT2D eigenvalue weighted by molar-refractivity contribution is 7.48. The van der Waals surface area contributed by atoms with Crippen LogP contribution < -0.4 is 0 Å². The fourth-order valence-electron chi connectivity index (χ4n) is 2.82. The van der Waals surface area contributed by atoms with Gasteiger partial charge in [0.15, 0.2) is 19.8 Å². The number of carbonyl (C=O) groups excluding carboxylic acids is 9. The van der Waals surface area contributed by atoms with Gasteiger partial charge >= 0.3 is 79.5 Å². The van der Waals surface area contributed by atoms with Crippen molar-refractivity contribution in [3.63, 3.8) is 0 Å². The summed E-state index contributed by atoms with van der Waals surface area (Å²) in [5, 5.41) is 0. The van der Waals surface area contributed by atoms with Crippen LogP contribution in [0, 0.1) is 0 Å². The molecule has 0 aliphatic heterocycles.